The molecule has 1 aliphatic carbocycles. The molecule has 3 nitrogen and oxygen atoms in total. The van der Waals surface area contributed by atoms with Gasteiger partial charge in [-0.1, -0.05) is 37.0 Å². The number of carbonyl (C=O) groups is 1. The summed E-state index contributed by atoms with van der Waals surface area (Å²) in [4.78, 5) is 14.3. The molecule has 1 unspecified atom stereocenters. The number of hydrogen-bond donors (Lipinski definition) is 1. The van der Waals surface area contributed by atoms with Crippen LogP contribution in [0, 0.1) is 12.8 Å². The molecule has 2 aliphatic rings. The van der Waals surface area contributed by atoms with Gasteiger partial charge in [0.2, 0.25) is 0 Å². The van der Waals surface area contributed by atoms with Crippen molar-refractivity contribution in [3.8, 4) is 0 Å². The summed E-state index contributed by atoms with van der Waals surface area (Å²) < 4.78 is 0. The van der Waals surface area contributed by atoms with Crippen molar-refractivity contribution in [2.45, 2.75) is 52.0 Å². The molecule has 1 saturated carbocycles. The van der Waals surface area contributed by atoms with Crippen LogP contribution in [-0.2, 0) is 4.79 Å². The smallest absolute Gasteiger partial charge is 0.161 e. The molecule has 3 heteroatoms. The number of benzene rings is 1. The van der Waals surface area contributed by atoms with E-state index < -0.39 is 0 Å². The summed E-state index contributed by atoms with van der Waals surface area (Å²) in [6.45, 7) is 4.11. The maximum Gasteiger partial charge on any atom is 0.161 e. The average molecular weight is 299 g/mol. The Kier molecular flexibility index (Phi) is 4.23. The van der Waals surface area contributed by atoms with Crippen molar-refractivity contribution in [3.05, 3.63) is 41.2 Å². The first-order chi connectivity index (χ1) is 10.6. The van der Waals surface area contributed by atoms with Crippen molar-refractivity contribution < 1.29 is 9.90 Å². The maximum atomic E-state index is 12.1. The van der Waals surface area contributed by atoms with Gasteiger partial charge in [0.25, 0.3) is 0 Å². The molecule has 0 spiro atoms. The Morgan fingerprint density at radius 1 is 1.14 bits per heavy atom. The van der Waals surface area contributed by atoms with Crippen molar-refractivity contribution >= 4 is 11.5 Å². The number of aryl methyl sites for hydroxylation is 1. The number of nitrogens with zero attached hydrogens (tertiary/aromatic N) is 1. The van der Waals surface area contributed by atoms with Gasteiger partial charge < -0.3 is 10.0 Å². The molecule has 1 fully saturated rings. The van der Waals surface area contributed by atoms with Gasteiger partial charge >= 0.3 is 0 Å². The van der Waals surface area contributed by atoms with E-state index in [0.29, 0.717) is 18.0 Å². The van der Waals surface area contributed by atoms with Gasteiger partial charge in [-0.2, -0.15) is 0 Å². The Morgan fingerprint density at radius 3 is 2.36 bits per heavy atom. The van der Waals surface area contributed by atoms with Gasteiger partial charge in [-0.25, -0.2) is 0 Å². The fourth-order valence-corrected chi connectivity index (χ4v) is 4.01. The van der Waals surface area contributed by atoms with Gasteiger partial charge in [0.05, 0.1) is 18.2 Å². The number of aliphatic hydroxyl groups excluding tert-OH is 1. The zero-order valence-corrected chi connectivity index (χ0v) is 13.5. The van der Waals surface area contributed by atoms with Crippen molar-refractivity contribution in [2.75, 3.05) is 11.4 Å². The van der Waals surface area contributed by atoms with Gasteiger partial charge in [0.15, 0.2) is 5.78 Å². The fraction of sp³-hybridized carbons (Fsp3) is 0.526. The van der Waals surface area contributed by atoms with Crippen LogP contribution in [-0.4, -0.2) is 23.5 Å². The molecule has 118 valence electrons. The second-order valence-electron chi connectivity index (χ2n) is 6.72. The van der Waals surface area contributed by atoms with Crippen LogP contribution in [0.25, 0.3) is 0 Å². The normalized spacial score (nSPS) is 23.2. The lowest BCUT2D eigenvalue weighted by Crippen LogP contribution is -2.40. The van der Waals surface area contributed by atoms with Crippen molar-refractivity contribution in [1.82, 2.24) is 0 Å². The van der Waals surface area contributed by atoms with E-state index in [0.717, 1.165) is 18.5 Å². The van der Waals surface area contributed by atoms with Gasteiger partial charge in [0.1, 0.15) is 5.76 Å². The predicted molar refractivity (Wildman–Crippen MR) is 89.2 cm³/mol. The third-order valence-corrected chi connectivity index (χ3v) is 5.10. The summed E-state index contributed by atoms with van der Waals surface area (Å²) in [6.07, 6.45) is 6.05. The first-order valence-corrected chi connectivity index (χ1v) is 8.34. The molecule has 0 amide bonds. The predicted octanol–water partition coefficient (Wildman–Crippen LogP) is 4.17. The summed E-state index contributed by atoms with van der Waals surface area (Å²) in [6, 6.07) is 8.43. The Morgan fingerprint density at radius 2 is 1.77 bits per heavy atom. The summed E-state index contributed by atoms with van der Waals surface area (Å²) in [7, 11) is 0. The zero-order valence-electron chi connectivity index (χ0n) is 13.5. The second-order valence-corrected chi connectivity index (χ2v) is 6.72. The number of carbonyl (C=O) groups excluding carboxylic acids is 1. The highest BCUT2D eigenvalue weighted by molar-refractivity contribution is 5.97. The number of Topliss-reactive ketones (excluding diaryl/α,β-unsaturated/α-hetero) is 1. The van der Waals surface area contributed by atoms with Crippen molar-refractivity contribution in [3.63, 3.8) is 0 Å². The number of anilines is 1. The third-order valence-electron chi connectivity index (χ3n) is 5.10. The first-order valence-electron chi connectivity index (χ1n) is 8.34. The van der Waals surface area contributed by atoms with E-state index in [1.165, 1.54) is 24.8 Å². The molecule has 0 saturated heterocycles. The van der Waals surface area contributed by atoms with Crippen LogP contribution in [0.15, 0.2) is 35.6 Å². The van der Waals surface area contributed by atoms with Crippen LogP contribution in [0.1, 0.15) is 44.6 Å². The zero-order chi connectivity index (χ0) is 15.7. The van der Waals surface area contributed by atoms with E-state index >= 15 is 0 Å². The number of rotatable bonds is 3. The van der Waals surface area contributed by atoms with Crippen molar-refractivity contribution in [2.24, 2.45) is 5.92 Å². The highest BCUT2D eigenvalue weighted by Gasteiger charge is 2.40. The van der Waals surface area contributed by atoms with E-state index in [2.05, 4.69) is 36.1 Å². The quantitative estimate of drug-likeness (QED) is 0.911. The number of aliphatic hydroxyl groups is 1. The third kappa shape index (κ3) is 2.77. The molecule has 1 aliphatic heterocycles. The van der Waals surface area contributed by atoms with Crippen LogP contribution in [0.5, 0.6) is 0 Å². The highest BCUT2D eigenvalue weighted by atomic mass is 16.3. The van der Waals surface area contributed by atoms with E-state index in [-0.39, 0.29) is 17.6 Å². The lowest BCUT2D eigenvalue weighted by atomic mass is 9.80. The number of hydrogen-bond acceptors (Lipinski definition) is 3. The minimum atomic E-state index is 0.0164. The number of ketones is 1. The molecule has 0 radical (unpaired) electrons. The van der Waals surface area contributed by atoms with Crippen LogP contribution in [0.2, 0.25) is 0 Å². The minimum Gasteiger partial charge on any atom is -0.510 e. The Bertz CT molecular complexity index is 582. The Balaban J connectivity index is 1.95. The van der Waals surface area contributed by atoms with Crippen LogP contribution in [0.4, 0.5) is 5.69 Å². The molecular weight excluding hydrogens is 274 g/mol. The Labute approximate surface area is 132 Å². The molecule has 3 rings (SSSR count). The molecule has 1 heterocycles. The van der Waals surface area contributed by atoms with E-state index in [1.807, 2.05) is 0 Å². The Hall–Kier alpha value is -1.77. The SMILES string of the molecule is CC(=O)C1=C(O)CN(c2ccc(C)cc2)C1C1CCCCC1. The van der Waals surface area contributed by atoms with Crippen LogP contribution < -0.4 is 4.90 Å². The summed E-state index contributed by atoms with van der Waals surface area (Å²) in [5.74, 6) is 0.755. The lowest BCUT2D eigenvalue weighted by molar-refractivity contribution is -0.114. The largest absolute Gasteiger partial charge is 0.510 e. The van der Waals surface area contributed by atoms with Gasteiger partial charge in [-0.05, 0) is 44.7 Å². The summed E-state index contributed by atoms with van der Waals surface area (Å²) >= 11 is 0. The molecule has 22 heavy (non-hydrogen) atoms. The van der Waals surface area contributed by atoms with Crippen LogP contribution in [0.3, 0.4) is 0 Å². The standard InChI is InChI=1S/C19H25NO2/c1-13-8-10-16(11-9-13)20-12-17(22)18(14(2)21)19(20)15-6-4-3-5-7-15/h8-11,15,19,22H,3-7,12H2,1-2H3. The lowest BCUT2D eigenvalue weighted by Gasteiger charge is -2.36. The monoisotopic (exact) mass is 299 g/mol. The molecule has 1 atom stereocenters. The van der Waals surface area contributed by atoms with Crippen LogP contribution >= 0.6 is 0 Å². The second kappa shape index (κ2) is 6.15. The molecule has 0 aromatic heterocycles. The van der Waals surface area contributed by atoms with E-state index in [9.17, 15) is 9.90 Å². The topological polar surface area (TPSA) is 40.5 Å². The fourth-order valence-electron chi connectivity index (χ4n) is 4.01. The minimum absolute atomic E-state index is 0.0164. The molecular formula is C19H25NO2. The molecule has 0 bridgehead atoms. The highest BCUT2D eigenvalue weighted by Crippen LogP contribution is 2.39. The maximum absolute atomic E-state index is 12.1. The molecule has 1 aromatic carbocycles. The van der Waals surface area contributed by atoms with Crippen molar-refractivity contribution in [1.29, 1.82) is 0 Å². The first kappa shape index (κ1) is 15.1. The van der Waals surface area contributed by atoms with Gasteiger partial charge in [-0.15, -0.1) is 0 Å². The van der Waals surface area contributed by atoms with Gasteiger partial charge in [0, 0.05) is 5.69 Å². The van der Waals surface area contributed by atoms with Gasteiger partial charge in [-0.3, -0.25) is 4.79 Å². The van der Waals surface area contributed by atoms with E-state index in [1.54, 1.807) is 6.92 Å². The summed E-state index contributed by atoms with van der Waals surface area (Å²) in [5.41, 5.74) is 2.97. The molecule has 1 aromatic rings. The average Bonchev–Trinajstić information content (AvgIpc) is 2.86. The molecule has 1 N–H and O–H groups in total. The van der Waals surface area contributed by atoms with E-state index in [4.69, 9.17) is 0 Å². The summed E-state index contributed by atoms with van der Waals surface area (Å²) in [5, 5.41) is 10.4.